The summed E-state index contributed by atoms with van der Waals surface area (Å²) in [4.78, 5) is 4.71. The number of ether oxygens (including phenoxy) is 1. The molecule has 0 fully saturated rings. The molecule has 0 aromatic heterocycles. The van der Waals surface area contributed by atoms with Crippen molar-refractivity contribution in [1.29, 1.82) is 0 Å². The van der Waals surface area contributed by atoms with Crippen molar-refractivity contribution in [2.45, 2.75) is 31.9 Å². The van der Waals surface area contributed by atoms with E-state index in [9.17, 15) is 4.39 Å². The van der Waals surface area contributed by atoms with Gasteiger partial charge in [-0.2, -0.15) is 0 Å². The normalized spacial score (nSPS) is 19.9. The molecule has 1 N–H and O–H groups in total. The van der Waals surface area contributed by atoms with Crippen LogP contribution < -0.4 is 10.1 Å². The van der Waals surface area contributed by atoms with Crippen LogP contribution in [-0.2, 0) is 6.61 Å². The third-order valence-electron chi connectivity index (χ3n) is 7.35. The Morgan fingerprint density at radius 1 is 0.973 bits per heavy atom. The van der Waals surface area contributed by atoms with Crippen LogP contribution in [0, 0.1) is 18.7 Å². The van der Waals surface area contributed by atoms with Crippen LogP contribution in [0.15, 0.2) is 108 Å². The number of hydrogen-bond donors (Lipinski definition) is 1. The lowest BCUT2D eigenvalue weighted by atomic mass is 9.76. The fourth-order valence-electron chi connectivity index (χ4n) is 5.42. The van der Waals surface area contributed by atoms with Crippen molar-refractivity contribution in [1.82, 2.24) is 0 Å². The molecule has 1 aliphatic carbocycles. The molecular formula is C33H29FN2O. The molecule has 0 unspecified atom stereocenters. The minimum absolute atomic E-state index is 0.249. The first kappa shape index (κ1) is 23.2. The molecule has 3 atom stereocenters. The summed E-state index contributed by atoms with van der Waals surface area (Å²) >= 11 is 0. The number of allylic oxidation sites excluding steroid dienone is 2. The van der Waals surface area contributed by atoms with E-state index in [1.807, 2.05) is 30.5 Å². The first-order valence-corrected chi connectivity index (χ1v) is 12.8. The number of benzene rings is 4. The first-order valence-electron chi connectivity index (χ1n) is 12.8. The molecule has 0 bridgehead atoms. The second-order valence-electron chi connectivity index (χ2n) is 9.87. The standard InChI is InChI=1S/C33H29FN2O/c1-22-9-18-31-30(19-22)28-6-4-7-29(28)33(36-31)24-12-16-27(17-13-24)35-20-25-5-2-3-8-32(25)37-21-23-10-14-26(34)15-11-23/h2-6,8-20,28-29,33,36H,7,21H2,1H3/t28-,29-,33-/m1/s1. The number of fused-ring (bicyclic) bond motifs is 3. The number of rotatable bonds is 6. The Labute approximate surface area is 217 Å². The van der Waals surface area contributed by atoms with Gasteiger partial charge in [-0.3, -0.25) is 4.99 Å². The van der Waals surface area contributed by atoms with Crippen LogP contribution in [0.4, 0.5) is 15.8 Å². The van der Waals surface area contributed by atoms with E-state index in [0.717, 1.165) is 29.0 Å². The number of anilines is 1. The van der Waals surface area contributed by atoms with Gasteiger partial charge < -0.3 is 10.1 Å². The quantitative estimate of drug-likeness (QED) is 0.219. The van der Waals surface area contributed by atoms with E-state index >= 15 is 0 Å². The van der Waals surface area contributed by atoms with E-state index in [1.54, 1.807) is 12.1 Å². The lowest BCUT2D eigenvalue weighted by Crippen LogP contribution is -2.29. The van der Waals surface area contributed by atoms with E-state index in [-0.39, 0.29) is 11.9 Å². The Bertz CT molecular complexity index is 1460. The smallest absolute Gasteiger partial charge is 0.128 e. The van der Waals surface area contributed by atoms with E-state index in [0.29, 0.717) is 18.4 Å². The van der Waals surface area contributed by atoms with Gasteiger partial charge in [0, 0.05) is 23.4 Å². The molecule has 0 radical (unpaired) electrons. The highest BCUT2D eigenvalue weighted by Crippen LogP contribution is 2.50. The summed E-state index contributed by atoms with van der Waals surface area (Å²) < 4.78 is 19.2. The summed E-state index contributed by atoms with van der Waals surface area (Å²) in [5.41, 5.74) is 7.95. The summed E-state index contributed by atoms with van der Waals surface area (Å²) in [6.07, 6.45) is 7.63. The average Bonchev–Trinajstić information content (AvgIpc) is 3.43. The van der Waals surface area contributed by atoms with Crippen molar-refractivity contribution >= 4 is 17.6 Å². The van der Waals surface area contributed by atoms with Gasteiger partial charge >= 0.3 is 0 Å². The minimum atomic E-state index is -0.249. The Morgan fingerprint density at radius 3 is 2.62 bits per heavy atom. The highest BCUT2D eigenvalue weighted by Gasteiger charge is 2.37. The van der Waals surface area contributed by atoms with Gasteiger partial charge in [0.2, 0.25) is 0 Å². The minimum Gasteiger partial charge on any atom is -0.488 e. The zero-order valence-electron chi connectivity index (χ0n) is 20.8. The maximum absolute atomic E-state index is 13.2. The number of nitrogens with one attached hydrogen (secondary N) is 1. The van der Waals surface area contributed by atoms with Crippen LogP contribution in [0.1, 0.15) is 46.2 Å². The molecule has 4 aromatic rings. The van der Waals surface area contributed by atoms with Gasteiger partial charge in [0.1, 0.15) is 18.2 Å². The number of aryl methyl sites for hydroxylation is 1. The number of halogens is 1. The van der Waals surface area contributed by atoms with Crippen LogP contribution in [0.2, 0.25) is 0 Å². The molecule has 6 rings (SSSR count). The lowest BCUT2D eigenvalue weighted by molar-refractivity contribution is 0.305. The predicted octanol–water partition coefficient (Wildman–Crippen LogP) is 8.29. The Kier molecular flexibility index (Phi) is 6.32. The van der Waals surface area contributed by atoms with Gasteiger partial charge in [-0.05, 0) is 78.4 Å². The van der Waals surface area contributed by atoms with Crippen LogP contribution in [0.3, 0.4) is 0 Å². The van der Waals surface area contributed by atoms with Gasteiger partial charge in [0.05, 0.1) is 11.7 Å². The fourth-order valence-corrected chi connectivity index (χ4v) is 5.42. The van der Waals surface area contributed by atoms with Gasteiger partial charge in [-0.15, -0.1) is 0 Å². The maximum atomic E-state index is 13.2. The molecule has 3 nitrogen and oxygen atoms in total. The first-order chi connectivity index (χ1) is 18.1. The largest absolute Gasteiger partial charge is 0.488 e. The second-order valence-corrected chi connectivity index (χ2v) is 9.87. The summed E-state index contributed by atoms with van der Waals surface area (Å²) in [7, 11) is 0. The monoisotopic (exact) mass is 488 g/mol. The number of hydrogen-bond acceptors (Lipinski definition) is 3. The summed E-state index contributed by atoms with van der Waals surface area (Å²) in [5, 5.41) is 3.81. The van der Waals surface area contributed by atoms with E-state index < -0.39 is 0 Å². The van der Waals surface area contributed by atoms with E-state index in [1.165, 1.54) is 34.5 Å². The van der Waals surface area contributed by atoms with Crippen molar-refractivity contribution < 1.29 is 9.13 Å². The van der Waals surface area contributed by atoms with Crippen LogP contribution in [0.5, 0.6) is 5.75 Å². The number of para-hydroxylation sites is 1. The lowest BCUT2D eigenvalue weighted by Gasteiger charge is -2.37. The predicted molar refractivity (Wildman–Crippen MR) is 148 cm³/mol. The average molecular weight is 489 g/mol. The molecule has 0 spiro atoms. The number of nitrogens with zero attached hydrogens (tertiary/aromatic N) is 1. The molecular weight excluding hydrogens is 459 g/mol. The SMILES string of the molecule is Cc1ccc2c(c1)[C@@H]1C=CC[C@H]1[C@@H](c1ccc(N=Cc3ccccc3OCc3ccc(F)cc3)cc1)N2. The third-order valence-corrected chi connectivity index (χ3v) is 7.35. The zero-order valence-corrected chi connectivity index (χ0v) is 20.8. The van der Waals surface area contributed by atoms with Crippen molar-refractivity contribution in [3.63, 3.8) is 0 Å². The molecule has 1 aliphatic heterocycles. The Balaban J connectivity index is 1.17. The molecule has 4 aromatic carbocycles. The maximum Gasteiger partial charge on any atom is 0.128 e. The molecule has 0 saturated heterocycles. The summed E-state index contributed by atoms with van der Waals surface area (Å²) in [6, 6.07) is 29.7. The summed E-state index contributed by atoms with van der Waals surface area (Å²) in [5.74, 6) is 1.48. The molecule has 37 heavy (non-hydrogen) atoms. The molecule has 0 amide bonds. The Hall–Kier alpha value is -4.18. The van der Waals surface area contributed by atoms with Gasteiger partial charge in [0.15, 0.2) is 0 Å². The second kappa shape index (κ2) is 10.1. The van der Waals surface area contributed by atoms with Crippen molar-refractivity contribution in [2.24, 2.45) is 10.9 Å². The van der Waals surface area contributed by atoms with Crippen LogP contribution in [-0.4, -0.2) is 6.21 Å². The van der Waals surface area contributed by atoms with Gasteiger partial charge in [-0.1, -0.05) is 66.2 Å². The summed E-state index contributed by atoms with van der Waals surface area (Å²) in [6.45, 7) is 2.53. The van der Waals surface area contributed by atoms with Crippen molar-refractivity contribution in [3.05, 3.63) is 137 Å². The molecule has 0 saturated carbocycles. The van der Waals surface area contributed by atoms with Crippen molar-refractivity contribution in [2.75, 3.05) is 5.32 Å². The topological polar surface area (TPSA) is 33.6 Å². The number of aliphatic imine (C=N–C) groups is 1. The van der Waals surface area contributed by atoms with Crippen LogP contribution >= 0.6 is 0 Å². The fraction of sp³-hybridized carbons (Fsp3) is 0.182. The molecule has 184 valence electrons. The molecule has 2 aliphatic rings. The van der Waals surface area contributed by atoms with Crippen LogP contribution in [0.25, 0.3) is 0 Å². The zero-order chi connectivity index (χ0) is 25.2. The highest BCUT2D eigenvalue weighted by atomic mass is 19.1. The van der Waals surface area contributed by atoms with E-state index in [2.05, 4.69) is 66.9 Å². The van der Waals surface area contributed by atoms with E-state index in [4.69, 9.17) is 9.73 Å². The van der Waals surface area contributed by atoms with Crippen molar-refractivity contribution in [3.8, 4) is 5.75 Å². The van der Waals surface area contributed by atoms with Gasteiger partial charge in [0.25, 0.3) is 0 Å². The third kappa shape index (κ3) is 4.92. The Morgan fingerprint density at radius 2 is 1.78 bits per heavy atom. The van der Waals surface area contributed by atoms with Gasteiger partial charge in [-0.25, -0.2) is 4.39 Å². The highest BCUT2D eigenvalue weighted by molar-refractivity contribution is 5.85. The molecule has 1 heterocycles. The molecule has 4 heteroatoms.